The number of methoxy groups -OCH3 is 1. The van der Waals surface area contributed by atoms with Gasteiger partial charge in [0.25, 0.3) is 0 Å². The Balaban J connectivity index is 1.60. The van der Waals surface area contributed by atoms with Gasteiger partial charge in [-0.1, -0.05) is 0 Å². The number of ether oxygens (including phenoxy) is 1. The minimum Gasteiger partial charge on any atom is -0.497 e. The van der Waals surface area contributed by atoms with Crippen LogP contribution in [0.5, 0.6) is 5.75 Å². The van der Waals surface area contributed by atoms with Gasteiger partial charge in [0, 0.05) is 45.6 Å². The smallest absolute Gasteiger partial charge is 0.244 e. The maximum Gasteiger partial charge on any atom is 0.244 e. The van der Waals surface area contributed by atoms with E-state index in [-0.39, 0.29) is 42.5 Å². The number of sulfonamides is 2. The van der Waals surface area contributed by atoms with Gasteiger partial charge in [0.1, 0.15) is 10.6 Å². The molecule has 1 fully saturated rings. The Kier molecular flexibility index (Phi) is 6.94. The van der Waals surface area contributed by atoms with Gasteiger partial charge < -0.3 is 9.64 Å². The molecule has 2 aromatic rings. The van der Waals surface area contributed by atoms with E-state index in [0.29, 0.717) is 5.75 Å². The third-order valence-electron chi connectivity index (χ3n) is 4.99. The SMILES string of the molecule is COc1ccc(S(=O)(=O)N2CCN(C(=O)CN(C)S(=O)(=O)c3cccnc3)CC2)cc1. The van der Waals surface area contributed by atoms with E-state index >= 15 is 0 Å². The fourth-order valence-corrected chi connectivity index (χ4v) is 5.64. The number of carbonyl (C=O) groups excluding carboxylic acids is 1. The molecule has 168 valence electrons. The lowest BCUT2D eigenvalue weighted by Crippen LogP contribution is -2.52. The molecule has 0 aliphatic carbocycles. The van der Waals surface area contributed by atoms with E-state index in [0.717, 1.165) is 4.31 Å². The highest BCUT2D eigenvalue weighted by molar-refractivity contribution is 7.89. The molecule has 1 saturated heterocycles. The Bertz CT molecular complexity index is 1110. The van der Waals surface area contributed by atoms with Crippen LogP contribution in [0.1, 0.15) is 0 Å². The minimum absolute atomic E-state index is 0.000652. The van der Waals surface area contributed by atoms with E-state index in [1.807, 2.05) is 0 Å². The van der Waals surface area contributed by atoms with Crippen molar-refractivity contribution in [3.05, 3.63) is 48.8 Å². The zero-order valence-corrected chi connectivity index (χ0v) is 18.8. The predicted octanol–water partition coefficient (Wildman–Crippen LogP) is 0.244. The van der Waals surface area contributed by atoms with Crippen molar-refractivity contribution in [2.24, 2.45) is 0 Å². The number of amides is 1. The van der Waals surface area contributed by atoms with Crippen LogP contribution in [0.3, 0.4) is 0 Å². The van der Waals surface area contributed by atoms with Crippen molar-refractivity contribution < 1.29 is 26.4 Å². The van der Waals surface area contributed by atoms with Crippen molar-refractivity contribution in [2.45, 2.75) is 9.79 Å². The molecule has 3 rings (SSSR count). The summed E-state index contributed by atoms with van der Waals surface area (Å²) in [7, 11) is -4.71. The number of rotatable bonds is 7. The molecule has 1 aliphatic rings. The molecule has 10 nitrogen and oxygen atoms in total. The van der Waals surface area contributed by atoms with Gasteiger partial charge in [-0.2, -0.15) is 8.61 Å². The van der Waals surface area contributed by atoms with E-state index < -0.39 is 26.0 Å². The first kappa shape index (κ1) is 23.1. The van der Waals surface area contributed by atoms with Gasteiger partial charge in [-0.25, -0.2) is 16.8 Å². The maximum absolute atomic E-state index is 12.8. The van der Waals surface area contributed by atoms with Crippen molar-refractivity contribution in [1.82, 2.24) is 18.5 Å². The van der Waals surface area contributed by atoms with Crippen LogP contribution in [0.4, 0.5) is 0 Å². The zero-order chi connectivity index (χ0) is 22.6. The Hall–Kier alpha value is -2.54. The van der Waals surface area contributed by atoms with E-state index in [9.17, 15) is 21.6 Å². The Morgan fingerprint density at radius 1 is 1.03 bits per heavy atom. The fourth-order valence-electron chi connectivity index (χ4n) is 3.13. The number of hydrogen-bond donors (Lipinski definition) is 0. The topological polar surface area (TPSA) is 117 Å². The summed E-state index contributed by atoms with van der Waals surface area (Å²) in [6, 6.07) is 9.02. The van der Waals surface area contributed by atoms with Gasteiger partial charge in [0.15, 0.2) is 0 Å². The lowest BCUT2D eigenvalue weighted by molar-refractivity contribution is -0.132. The number of likely N-dealkylation sites (N-methyl/N-ethyl adjacent to an activating group) is 1. The normalized spacial score (nSPS) is 15.8. The van der Waals surface area contributed by atoms with Crippen LogP contribution in [0.25, 0.3) is 0 Å². The molecular weight excluding hydrogens is 444 g/mol. The number of aromatic nitrogens is 1. The molecule has 0 saturated carbocycles. The largest absolute Gasteiger partial charge is 0.497 e. The van der Waals surface area contributed by atoms with Crippen LogP contribution in [0, 0.1) is 0 Å². The zero-order valence-electron chi connectivity index (χ0n) is 17.2. The van der Waals surface area contributed by atoms with E-state index in [1.54, 1.807) is 12.1 Å². The van der Waals surface area contributed by atoms with Gasteiger partial charge in [-0.05, 0) is 36.4 Å². The highest BCUT2D eigenvalue weighted by atomic mass is 32.2. The molecule has 12 heteroatoms. The van der Waals surface area contributed by atoms with Crippen molar-refractivity contribution in [3.8, 4) is 5.75 Å². The molecule has 1 aromatic carbocycles. The van der Waals surface area contributed by atoms with Crippen LogP contribution in [0.15, 0.2) is 58.6 Å². The second-order valence-electron chi connectivity index (χ2n) is 6.91. The molecule has 1 amide bonds. The van der Waals surface area contributed by atoms with Crippen molar-refractivity contribution in [2.75, 3.05) is 46.9 Å². The van der Waals surface area contributed by atoms with Gasteiger partial charge in [0.05, 0.1) is 18.6 Å². The van der Waals surface area contributed by atoms with Crippen molar-refractivity contribution in [3.63, 3.8) is 0 Å². The van der Waals surface area contributed by atoms with Gasteiger partial charge in [-0.15, -0.1) is 0 Å². The summed E-state index contributed by atoms with van der Waals surface area (Å²) in [5.74, 6) is 0.163. The van der Waals surface area contributed by atoms with Crippen molar-refractivity contribution in [1.29, 1.82) is 0 Å². The molecule has 2 heterocycles. The van der Waals surface area contributed by atoms with E-state index in [2.05, 4.69) is 4.98 Å². The monoisotopic (exact) mass is 468 g/mol. The molecule has 1 aromatic heterocycles. The summed E-state index contributed by atoms with van der Waals surface area (Å²) in [6.07, 6.45) is 2.68. The fraction of sp³-hybridized carbons (Fsp3) is 0.368. The summed E-state index contributed by atoms with van der Waals surface area (Å²) >= 11 is 0. The molecule has 0 spiro atoms. The highest BCUT2D eigenvalue weighted by Crippen LogP contribution is 2.21. The Labute approximate surface area is 182 Å². The quantitative estimate of drug-likeness (QED) is 0.571. The molecule has 0 unspecified atom stereocenters. The third kappa shape index (κ3) is 5.03. The maximum atomic E-state index is 12.8. The lowest BCUT2D eigenvalue weighted by Gasteiger charge is -2.34. The summed E-state index contributed by atoms with van der Waals surface area (Å²) < 4.78 is 58.1. The summed E-state index contributed by atoms with van der Waals surface area (Å²) in [5, 5.41) is 0. The second kappa shape index (κ2) is 9.30. The highest BCUT2D eigenvalue weighted by Gasteiger charge is 2.31. The lowest BCUT2D eigenvalue weighted by atomic mass is 10.3. The van der Waals surface area contributed by atoms with Crippen LogP contribution in [0.2, 0.25) is 0 Å². The number of piperazine rings is 1. The molecule has 1 aliphatic heterocycles. The summed E-state index contributed by atoms with van der Waals surface area (Å²) in [4.78, 5) is 18.0. The van der Waals surface area contributed by atoms with Crippen LogP contribution in [-0.2, 0) is 24.8 Å². The summed E-state index contributed by atoms with van der Waals surface area (Å²) in [5.41, 5.74) is 0. The first-order valence-corrected chi connectivity index (χ1v) is 12.3. The number of carbonyl (C=O) groups is 1. The molecule has 0 atom stereocenters. The predicted molar refractivity (Wildman–Crippen MR) is 112 cm³/mol. The van der Waals surface area contributed by atoms with E-state index in [1.165, 1.54) is 60.0 Å². The molecule has 31 heavy (non-hydrogen) atoms. The molecular formula is C19H24N4O6S2. The first-order chi connectivity index (χ1) is 14.7. The number of nitrogens with zero attached hydrogens (tertiary/aromatic N) is 4. The molecule has 0 N–H and O–H groups in total. The second-order valence-corrected chi connectivity index (χ2v) is 10.9. The Morgan fingerprint density at radius 3 is 2.23 bits per heavy atom. The average Bonchev–Trinajstić information content (AvgIpc) is 2.79. The van der Waals surface area contributed by atoms with Gasteiger partial charge in [-0.3, -0.25) is 9.78 Å². The minimum atomic E-state index is -3.84. The Morgan fingerprint density at radius 2 is 1.68 bits per heavy atom. The molecule has 0 radical (unpaired) electrons. The van der Waals surface area contributed by atoms with Gasteiger partial charge in [0.2, 0.25) is 26.0 Å². The van der Waals surface area contributed by atoms with Crippen LogP contribution in [-0.4, -0.2) is 88.1 Å². The number of pyridine rings is 1. The first-order valence-electron chi connectivity index (χ1n) is 9.44. The van der Waals surface area contributed by atoms with E-state index in [4.69, 9.17) is 4.74 Å². The summed E-state index contributed by atoms with van der Waals surface area (Å²) in [6.45, 7) is 0.255. The number of hydrogen-bond acceptors (Lipinski definition) is 7. The average molecular weight is 469 g/mol. The van der Waals surface area contributed by atoms with Crippen LogP contribution < -0.4 is 4.74 Å². The van der Waals surface area contributed by atoms with Gasteiger partial charge >= 0.3 is 0 Å². The third-order valence-corrected chi connectivity index (χ3v) is 8.69. The molecule has 0 bridgehead atoms. The van der Waals surface area contributed by atoms with Crippen LogP contribution >= 0.6 is 0 Å². The van der Waals surface area contributed by atoms with Crippen molar-refractivity contribution >= 4 is 26.0 Å². The standard InChI is InChI=1S/C19H24N4O6S2/c1-21(30(25,26)18-4-3-9-20-14-18)15-19(24)22-10-12-23(13-11-22)31(27,28)17-7-5-16(29-2)6-8-17/h3-9,14H,10-13,15H2,1-2H3. The number of benzene rings is 1.